The second-order valence-corrected chi connectivity index (χ2v) is 14.2. The van der Waals surface area contributed by atoms with Gasteiger partial charge in [-0.05, 0) is 22.0 Å². The fourth-order valence-electron chi connectivity index (χ4n) is 1.75. The number of phenols is 1. The van der Waals surface area contributed by atoms with Crippen LogP contribution in [0.15, 0.2) is 18.2 Å². The van der Waals surface area contributed by atoms with Crippen molar-refractivity contribution < 1.29 is 19.8 Å². The van der Waals surface area contributed by atoms with E-state index in [4.69, 9.17) is 27.9 Å². The summed E-state index contributed by atoms with van der Waals surface area (Å²) in [6, 6.07) is 6.04. The van der Waals surface area contributed by atoms with Gasteiger partial charge in [-0.3, -0.25) is 0 Å². The number of rotatable bonds is 0. The van der Waals surface area contributed by atoms with Gasteiger partial charge >= 0.3 is 42.6 Å². The van der Waals surface area contributed by atoms with Crippen molar-refractivity contribution in [2.24, 2.45) is 0 Å². The molecule has 1 aromatic rings. The predicted molar refractivity (Wildman–Crippen MR) is 83.1 cm³/mol. The van der Waals surface area contributed by atoms with Crippen molar-refractivity contribution in [2.75, 3.05) is 0 Å². The molecule has 19 heavy (non-hydrogen) atoms. The summed E-state index contributed by atoms with van der Waals surface area (Å²) in [6.45, 7) is 12.7. The maximum absolute atomic E-state index is 10.3. The Kier molecular flexibility index (Phi) is 7.81. The summed E-state index contributed by atoms with van der Waals surface area (Å²) in [7, 11) is 14.9. The molecule has 1 N–H and O–H groups in total. The molecule has 0 amide bonds. The fourth-order valence-corrected chi connectivity index (χ4v) is 1.75. The molecule has 0 aromatic heterocycles. The van der Waals surface area contributed by atoms with Gasteiger partial charge in [0.25, 0.3) is 0 Å². The van der Waals surface area contributed by atoms with Crippen molar-refractivity contribution in [1.82, 2.24) is 0 Å². The van der Waals surface area contributed by atoms with Crippen LogP contribution in [0, 0.1) is 0 Å². The first-order valence-electron chi connectivity index (χ1n) is 6.03. The molecule has 0 heterocycles. The van der Waals surface area contributed by atoms with E-state index in [2.05, 4.69) is 41.5 Å². The predicted octanol–water partition coefficient (Wildman–Crippen LogP) is 6.05. The van der Waals surface area contributed by atoms with Gasteiger partial charge in [0.1, 0.15) is 5.75 Å². The van der Waals surface area contributed by atoms with Crippen molar-refractivity contribution in [2.45, 2.75) is 52.4 Å². The van der Waals surface area contributed by atoms with Crippen LogP contribution in [0.25, 0.3) is 0 Å². The maximum atomic E-state index is 10.3. The summed E-state index contributed by atoms with van der Waals surface area (Å²) in [5.41, 5.74) is 2.03. The SMILES string of the molecule is CC(C)(C)c1cccc(C(C)(C)C)c1O.[Cl][Ti]([Cl])[Cl]. The van der Waals surface area contributed by atoms with Crippen LogP contribution >= 0.6 is 27.9 Å². The van der Waals surface area contributed by atoms with Gasteiger partial charge in [0, 0.05) is 0 Å². The van der Waals surface area contributed by atoms with Gasteiger partial charge in [-0.15, -0.1) is 0 Å². The number of para-hydroxylation sites is 1. The molecule has 0 aliphatic rings. The van der Waals surface area contributed by atoms with E-state index in [1.165, 1.54) is 0 Å². The van der Waals surface area contributed by atoms with Crippen LogP contribution in [0.5, 0.6) is 5.75 Å². The Morgan fingerprint density at radius 1 is 0.842 bits per heavy atom. The number of halogens is 3. The van der Waals surface area contributed by atoms with Gasteiger partial charge in [0.2, 0.25) is 0 Å². The summed E-state index contributed by atoms with van der Waals surface area (Å²) >= 11 is -1.92. The molecule has 0 saturated carbocycles. The van der Waals surface area contributed by atoms with Gasteiger partial charge in [-0.2, -0.15) is 0 Å². The van der Waals surface area contributed by atoms with E-state index in [1.54, 1.807) is 0 Å². The minimum absolute atomic E-state index is 0.00859. The Hall–Kier alpha value is 0.604. The molecule has 0 radical (unpaired) electrons. The molecule has 5 heteroatoms. The quantitative estimate of drug-likeness (QED) is 0.558. The summed E-state index contributed by atoms with van der Waals surface area (Å²) in [4.78, 5) is 0. The van der Waals surface area contributed by atoms with E-state index in [-0.39, 0.29) is 10.8 Å². The Balaban J connectivity index is 0.000000711. The average molecular weight is 361 g/mol. The molecule has 0 bridgehead atoms. The molecule has 0 spiro atoms. The van der Waals surface area contributed by atoms with Crippen LogP contribution in [-0.2, 0) is 25.5 Å². The van der Waals surface area contributed by atoms with Crippen molar-refractivity contribution in [3.63, 3.8) is 0 Å². The fraction of sp³-hybridized carbons (Fsp3) is 0.571. The van der Waals surface area contributed by atoms with Gasteiger partial charge in [0.15, 0.2) is 0 Å². The van der Waals surface area contributed by atoms with Gasteiger partial charge in [0.05, 0.1) is 0 Å². The van der Waals surface area contributed by atoms with E-state index in [1.807, 2.05) is 18.2 Å². The summed E-state index contributed by atoms with van der Waals surface area (Å²) < 4.78 is 0. The molecule has 0 saturated heterocycles. The van der Waals surface area contributed by atoms with E-state index in [0.29, 0.717) is 5.75 Å². The van der Waals surface area contributed by atoms with Crippen LogP contribution in [0.3, 0.4) is 0 Å². The topological polar surface area (TPSA) is 20.2 Å². The second-order valence-electron chi connectivity index (χ2n) is 6.42. The van der Waals surface area contributed by atoms with E-state index < -0.39 is 14.7 Å². The van der Waals surface area contributed by atoms with Gasteiger partial charge < -0.3 is 5.11 Å². The van der Waals surface area contributed by atoms with E-state index in [0.717, 1.165) is 11.1 Å². The minimum atomic E-state index is -1.92. The number of aromatic hydroxyl groups is 1. The first-order chi connectivity index (χ1) is 8.37. The molecule has 1 nitrogen and oxygen atoms in total. The van der Waals surface area contributed by atoms with Crippen LogP contribution in [0.4, 0.5) is 0 Å². The zero-order valence-corrected chi connectivity index (χ0v) is 16.1. The monoisotopic (exact) mass is 359 g/mol. The molecular formula is C14H22Cl3OTi. The van der Waals surface area contributed by atoms with Crippen molar-refractivity contribution in [3.05, 3.63) is 29.3 Å². The normalized spacial score (nSPS) is 11.6. The summed E-state index contributed by atoms with van der Waals surface area (Å²) in [6.07, 6.45) is 0. The number of phenolic OH excluding ortho intramolecular Hbond substituents is 1. The first-order valence-corrected chi connectivity index (χ1v) is 12.5. The zero-order valence-electron chi connectivity index (χ0n) is 12.3. The average Bonchev–Trinajstić information content (AvgIpc) is 2.12. The molecule has 1 aromatic carbocycles. The number of hydrogen-bond acceptors (Lipinski definition) is 1. The van der Waals surface area contributed by atoms with Crippen LogP contribution in [-0.4, -0.2) is 5.11 Å². The van der Waals surface area contributed by atoms with Crippen LogP contribution < -0.4 is 0 Å². The van der Waals surface area contributed by atoms with Gasteiger partial charge in [-0.1, -0.05) is 59.7 Å². The number of hydrogen-bond donors (Lipinski definition) is 1. The van der Waals surface area contributed by atoms with Crippen molar-refractivity contribution >= 4 is 27.9 Å². The molecular weight excluding hydrogens is 338 g/mol. The molecule has 109 valence electrons. The third kappa shape index (κ3) is 7.25. The zero-order chi connectivity index (χ0) is 15.4. The molecule has 0 atom stereocenters. The Morgan fingerprint density at radius 3 is 1.32 bits per heavy atom. The molecule has 0 aliphatic heterocycles. The Labute approximate surface area is 134 Å². The molecule has 0 unspecified atom stereocenters. The Bertz CT molecular complexity index is 371. The third-order valence-corrected chi connectivity index (χ3v) is 2.65. The Morgan fingerprint density at radius 2 is 1.11 bits per heavy atom. The molecule has 0 fully saturated rings. The second kappa shape index (κ2) is 7.57. The number of benzene rings is 1. The third-order valence-electron chi connectivity index (χ3n) is 2.65. The van der Waals surface area contributed by atoms with Crippen molar-refractivity contribution in [1.29, 1.82) is 0 Å². The first kappa shape index (κ1) is 19.6. The van der Waals surface area contributed by atoms with Crippen molar-refractivity contribution in [3.8, 4) is 5.75 Å². The van der Waals surface area contributed by atoms with E-state index in [9.17, 15) is 5.11 Å². The summed E-state index contributed by atoms with van der Waals surface area (Å²) in [5, 5.41) is 10.3. The van der Waals surface area contributed by atoms with E-state index >= 15 is 0 Å². The molecule has 1 rings (SSSR count). The molecule has 0 aliphatic carbocycles. The summed E-state index contributed by atoms with van der Waals surface area (Å²) in [5.74, 6) is 0.456. The van der Waals surface area contributed by atoms with Crippen LogP contribution in [0.2, 0.25) is 0 Å². The van der Waals surface area contributed by atoms with Crippen LogP contribution in [0.1, 0.15) is 52.7 Å². The van der Waals surface area contributed by atoms with Gasteiger partial charge in [-0.25, -0.2) is 0 Å². The standard InChI is InChI=1S/C14H22O.3ClH.Ti/c1-13(2,3)10-8-7-9-11(12(10)15)14(4,5)6;;;;/h7-9,15H,1-6H3;3*1H;/q;;;;+3/p-3.